The van der Waals surface area contributed by atoms with Gasteiger partial charge in [0.05, 0.1) is 10.7 Å². The summed E-state index contributed by atoms with van der Waals surface area (Å²) in [6, 6.07) is 3.81. The van der Waals surface area contributed by atoms with Crippen LogP contribution in [0.1, 0.15) is 22.4 Å². The van der Waals surface area contributed by atoms with E-state index in [1.54, 1.807) is 23.7 Å². The van der Waals surface area contributed by atoms with Crippen molar-refractivity contribution in [1.82, 2.24) is 9.97 Å². The van der Waals surface area contributed by atoms with Gasteiger partial charge in [-0.3, -0.25) is 4.98 Å². The Hall–Kier alpha value is -1.26. The van der Waals surface area contributed by atoms with Crippen LogP contribution < -0.4 is 0 Å². The predicted octanol–water partition coefficient (Wildman–Crippen LogP) is 2.12. The first-order valence-electron chi connectivity index (χ1n) is 4.74. The SMILES string of the molecule is Cc1ccc(C(O)Cc2nccs2)nc1. The van der Waals surface area contributed by atoms with Crippen molar-refractivity contribution in [3.8, 4) is 0 Å². The molecule has 0 aromatic carbocycles. The Bertz CT molecular complexity index is 411. The molecule has 0 aliphatic heterocycles. The molecule has 0 fully saturated rings. The molecule has 2 heterocycles. The molecular formula is C11H12N2OS. The molecule has 0 spiro atoms. The van der Waals surface area contributed by atoms with E-state index in [1.807, 2.05) is 24.4 Å². The molecule has 78 valence electrons. The van der Waals surface area contributed by atoms with Gasteiger partial charge in [0.25, 0.3) is 0 Å². The molecular weight excluding hydrogens is 208 g/mol. The van der Waals surface area contributed by atoms with E-state index < -0.39 is 6.10 Å². The fraction of sp³-hybridized carbons (Fsp3) is 0.273. The highest BCUT2D eigenvalue weighted by molar-refractivity contribution is 7.09. The summed E-state index contributed by atoms with van der Waals surface area (Å²) < 4.78 is 0. The summed E-state index contributed by atoms with van der Waals surface area (Å²) in [4.78, 5) is 8.32. The molecule has 1 N–H and O–H groups in total. The van der Waals surface area contributed by atoms with Crippen LogP contribution in [0.15, 0.2) is 29.9 Å². The Morgan fingerprint density at radius 3 is 2.87 bits per heavy atom. The molecule has 2 rings (SSSR count). The molecule has 0 amide bonds. The fourth-order valence-electron chi connectivity index (χ4n) is 1.30. The van der Waals surface area contributed by atoms with Gasteiger partial charge in [-0.15, -0.1) is 11.3 Å². The molecule has 1 unspecified atom stereocenters. The maximum atomic E-state index is 9.89. The van der Waals surface area contributed by atoms with Crippen molar-refractivity contribution in [2.24, 2.45) is 0 Å². The lowest BCUT2D eigenvalue weighted by Gasteiger charge is -2.07. The maximum Gasteiger partial charge on any atom is 0.102 e. The highest BCUT2D eigenvalue weighted by atomic mass is 32.1. The Morgan fingerprint density at radius 2 is 2.27 bits per heavy atom. The molecule has 1 atom stereocenters. The van der Waals surface area contributed by atoms with Crippen molar-refractivity contribution < 1.29 is 5.11 Å². The number of nitrogens with zero attached hydrogens (tertiary/aromatic N) is 2. The number of hydrogen-bond donors (Lipinski definition) is 1. The van der Waals surface area contributed by atoms with Crippen LogP contribution in [0, 0.1) is 6.92 Å². The standard InChI is InChI=1S/C11H12N2OS/c1-8-2-3-9(13-7-8)10(14)6-11-12-4-5-15-11/h2-5,7,10,14H,6H2,1H3. The average Bonchev–Trinajstić information content (AvgIpc) is 2.71. The number of aliphatic hydroxyl groups excluding tert-OH is 1. The predicted molar refractivity (Wildman–Crippen MR) is 59.8 cm³/mol. The molecule has 0 radical (unpaired) electrons. The zero-order valence-electron chi connectivity index (χ0n) is 8.42. The summed E-state index contributed by atoms with van der Waals surface area (Å²) in [6.07, 6.45) is 3.49. The van der Waals surface area contributed by atoms with E-state index in [9.17, 15) is 5.11 Å². The molecule has 0 aliphatic carbocycles. The Labute approximate surface area is 92.5 Å². The summed E-state index contributed by atoms with van der Waals surface area (Å²) in [7, 11) is 0. The van der Waals surface area contributed by atoms with Gasteiger partial charge in [0.15, 0.2) is 0 Å². The van der Waals surface area contributed by atoms with Gasteiger partial charge in [-0.2, -0.15) is 0 Å². The molecule has 3 nitrogen and oxygen atoms in total. The topological polar surface area (TPSA) is 46.0 Å². The van der Waals surface area contributed by atoms with Gasteiger partial charge in [0, 0.05) is 24.2 Å². The summed E-state index contributed by atoms with van der Waals surface area (Å²) in [5.41, 5.74) is 1.80. The van der Waals surface area contributed by atoms with E-state index in [4.69, 9.17) is 0 Å². The first-order valence-corrected chi connectivity index (χ1v) is 5.62. The Balaban J connectivity index is 2.08. The molecule has 4 heteroatoms. The van der Waals surface area contributed by atoms with Crippen molar-refractivity contribution in [1.29, 1.82) is 0 Å². The van der Waals surface area contributed by atoms with E-state index in [0.29, 0.717) is 12.1 Å². The van der Waals surface area contributed by atoms with E-state index >= 15 is 0 Å². The van der Waals surface area contributed by atoms with Crippen LogP contribution in [-0.4, -0.2) is 15.1 Å². The second-order valence-electron chi connectivity index (χ2n) is 3.41. The molecule has 0 bridgehead atoms. The largest absolute Gasteiger partial charge is 0.386 e. The van der Waals surface area contributed by atoms with Crippen molar-refractivity contribution in [2.75, 3.05) is 0 Å². The van der Waals surface area contributed by atoms with Crippen LogP contribution in [0.4, 0.5) is 0 Å². The molecule has 15 heavy (non-hydrogen) atoms. The van der Waals surface area contributed by atoms with E-state index in [2.05, 4.69) is 9.97 Å². The highest BCUT2D eigenvalue weighted by Gasteiger charge is 2.10. The minimum absolute atomic E-state index is 0.535. The minimum atomic E-state index is -0.559. The number of hydrogen-bond acceptors (Lipinski definition) is 4. The summed E-state index contributed by atoms with van der Waals surface area (Å²) in [5, 5.41) is 12.7. The van der Waals surface area contributed by atoms with E-state index in [0.717, 1.165) is 10.6 Å². The summed E-state index contributed by atoms with van der Waals surface area (Å²) in [6.45, 7) is 1.98. The zero-order chi connectivity index (χ0) is 10.7. The van der Waals surface area contributed by atoms with Crippen LogP contribution >= 0.6 is 11.3 Å². The lowest BCUT2D eigenvalue weighted by molar-refractivity contribution is 0.173. The van der Waals surface area contributed by atoms with Gasteiger partial charge in [-0.05, 0) is 18.6 Å². The van der Waals surface area contributed by atoms with E-state index in [-0.39, 0.29) is 0 Å². The zero-order valence-corrected chi connectivity index (χ0v) is 9.24. The smallest absolute Gasteiger partial charge is 0.102 e. The molecule has 2 aromatic rings. The first kappa shape index (κ1) is 10.3. The molecule has 0 aliphatic rings. The van der Waals surface area contributed by atoms with Gasteiger partial charge < -0.3 is 5.11 Å². The summed E-state index contributed by atoms with van der Waals surface area (Å²) >= 11 is 1.55. The quantitative estimate of drug-likeness (QED) is 0.861. The van der Waals surface area contributed by atoms with Crippen molar-refractivity contribution >= 4 is 11.3 Å². The number of rotatable bonds is 3. The monoisotopic (exact) mass is 220 g/mol. The Kier molecular flexibility index (Phi) is 3.08. The highest BCUT2D eigenvalue weighted by Crippen LogP contribution is 2.17. The molecule has 2 aromatic heterocycles. The van der Waals surface area contributed by atoms with Gasteiger partial charge in [-0.25, -0.2) is 4.98 Å². The third kappa shape index (κ3) is 2.61. The number of thiazole rings is 1. The lowest BCUT2D eigenvalue weighted by atomic mass is 10.1. The number of aliphatic hydroxyl groups is 1. The summed E-state index contributed by atoms with van der Waals surface area (Å²) in [5.74, 6) is 0. The minimum Gasteiger partial charge on any atom is -0.386 e. The maximum absolute atomic E-state index is 9.89. The van der Waals surface area contributed by atoms with Crippen molar-refractivity contribution in [3.05, 3.63) is 46.2 Å². The second kappa shape index (κ2) is 4.51. The fourth-order valence-corrected chi connectivity index (χ4v) is 1.95. The number of aromatic nitrogens is 2. The average molecular weight is 220 g/mol. The van der Waals surface area contributed by atoms with Gasteiger partial charge in [0.1, 0.15) is 6.10 Å². The first-order chi connectivity index (χ1) is 7.25. The van der Waals surface area contributed by atoms with E-state index in [1.165, 1.54) is 0 Å². The van der Waals surface area contributed by atoms with Crippen LogP contribution in [0.5, 0.6) is 0 Å². The van der Waals surface area contributed by atoms with Crippen LogP contribution in [0.2, 0.25) is 0 Å². The third-order valence-electron chi connectivity index (χ3n) is 2.13. The van der Waals surface area contributed by atoms with Crippen molar-refractivity contribution in [2.45, 2.75) is 19.4 Å². The van der Waals surface area contributed by atoms with Crippen LogP contribution in [0.3, 0.4) is 0 Å². The molecule has 0 saturated heterocycles. The van der Waals surface area contributed by atoms with Crippen LogP contribution in [0.25, 0.3) is 0 Å². The van der Waals surface area contributed by atoms with Gasteiger partial charge in [0.2, 0.25) is 0 Å². The van der Waals surface area contributed by atoms with Crippen LogP contribution in [-0.2, 0) is 6.42 Å². The molecule has 0 saturated carbocycles. The second-order valence-corrected chi connectivity index (χ2v) is 4.39. The lowest BCUT2D eigenvalue weighted by Crippen LogP contribution is -2.03. The van der Waals surface area contributed by atoms with Gasteiger partial charge >= 0.3 is 0 Å². The number of aryl methyl sites for hydroxylation is 1. The number of pyridine rings is 1. The third-order valence-corrected chi connectivity index (χ3v) is 2.93. The normalized spacial score (nSPS) is 12.7. The van der Waals surface area contributed by atoms with Gasteiger partial charge in [-0.1, -0.05) is 6.07 Å². The Morgan fingerprint density at radius 1 is 1.40 bits per heavy atom. The van der Waals surface area contributed by atoms with Crippen molar-refractivity contribution in [3.63, 3.8) is 0 Å².